The van der Waals surface area contributed by atoms with Crippen molar-refractivity contribution in [1.82, 2.24) is 10.2 Å². The Morgan fingerprint density at radius 3 is 2.50 bits per heavy atom. The summed E-state index contributed by atoms with van der Waals surface area (Å²) in [5.74, 6) is 0.296. The van der Waals surface area contributed by atoms with Crippen molar-refractivity contribution in [3.63, 3.8) is 0 Å². The molecule has 1 amide bonds. The van der Waals surface area contributed by atoms with E-state index in [1.807, 2.05) is 11.9 Å². The van der Waals surface area contributed by atoms with E-state index in [1.54, 1.807) is 0 Å². The van der Waals surface area contributed by atoms with Gasteiger partial charge in [-0.15, -0.1) is 12.4 Å². The van der Waals surface area contributed by atoms with E-state index in [1.165, 1.54) is 24.0 Å². The molecule has 2 fully saturated rings. The number of aryl methyl sites for hydroxylation is 2. The summed E-state index contributed by atoms with van der Waals surface area (Å²) < 4.78 is 0. The number of rotatable bonds is 4. The third-order valence-electron chi connectivity index (χ3n) is 5.26. The average molecular weight is 323 g/mol. The highest BCUT2D eigenvalue weighted by molar-refractivity contribution is 5.85. The number of amides is 1. The zero-order valence-electron chi connectivity index (χ0n) is 13.5. The Morgan fingerprint density at radius 1 is 1.23 bits per heavy atom. The summed E-state index contributed by atoms with van der Waals surface area (Å²) in [6.45, 7) is 2.12. The maximum Gasteiger partial charge on any atom is 0.222 e. The Morgan fingerprint density at radius 2 is 1.86 bits per heavy atom. The van der Waals surface area contributed by atoms with Crippen molar-refractivity contribution in [3.05, 3.63) is 35.4 Å². The van der Waals surface area contributed by atoms with Gasteiger partial charge in [0.15, 0.2) is 0 Å². The van der Waals surface area contributed by atoms with Gasteiger partial charge in [-0.3, -0.25) is 4.79 Å². The van der Waals surface area contributed by atoms with Crippen LogP contribution in [0.2, 0.25) is 0 Å². The number of nitrogens with zero attached hydrogens (tertiary/aromatic N) is 1. The first-order valence-corrected chi connectivity index (χ1v) is 8.19. The molecule has 0 spiro atoms. The van der Waals surface area contributed by atoms with Crippen molar-refractivity contribution in [3.8, 4) is 0 Å². The monoisotopic (exact) mass is 322 g/mol. The molecular weight excluding hydrogens is 296 g/mol. The third kappa shape index (κ3) is 3.82. The predicted molar refractivity (Wildman–Crippen MR) is 92.5 cm³/mol. The van der Waals surface area contributed by atoms with Crippen LogP contribution in [0, 0.1) is 6.92 Å². The number of fused-ring (bicyclic) bond motifs is 2. The summed E-state index contributed by atoms with van der Waals surface area (Å²) in [4.78, 5) is 14.5. The molecular formula is C18H27ClN2O. The fourth-order valence-electron chi connectivity index (χ4n) is 3.86. The molecule has 0 aromatic heterocycles. The van der Waals surface area contributed by atoms with Crippen molar-refractivity contribution in [2.45, 2.75) is 63.6 Å². The first kappa shape index (κ1) is 17.3. The molecule has 22 heavy (non-hydrogen) atoms. The van der Waals surface area contributed by atoms with Gasteiger partial charge in [0.05, 0.1) is 0 Å². The number of nitrogens with one attached hydrogen (secondary N) is 1. The van der Waals surface area contributed by atoms with Gasteiger partial charge >= 0.3 is 0 Å². The minimum absolute atomic E-state index is 0. The first-order valence-electron chi connectivity index (χ1n) is 8.19. The van der Waals surface area contributed by atoms with Crippen LogP contribution >= 0.6 is 12.4 Å². The molecule has 2 aliphatic rings. The van der Waals surface area contributed by atoms with Gasteiger partial charge in [0.1, 0.15) is 0 Å². The number of halogens is 1. The summed E-state index contributed by atoms with van der Waals surface area (Å²) in [6.07, 6.45) is 6.30. The van der Waals surface area contributed by atoms with Crippen LogP contribution in [0.5, 0.6) is 0 Å². The van der Waals surface area contributed by atoms with E-state index in [9.17, 15) is 4.79 Å². The molecule has 1 N–H and O–H groups in total. The molecule has 0 saturated carbocycles. The van der Waals surface area contributed by atoms with Crippen LogP contribution in [0.1, 0.15) is 43.2 Å². The van der Waals surface area contributed by atoms with E-state index in [2.05, 4.69) is 36.5 Å². The SMILES string of the molecule is Cc1ccccc1CCC(=O)N(C)C1CC2CCC(C1)N2.Cl. The molecule has 2 bridgehead atoms. The van der Waals surface area contributed by atoms with E-state index in [0.29, 0.717) is 30.5 Å². The Labute approximate surface area is 139 Å². The van der Waals surface area contributed by atoms with Crippen molar-refractivity contribution in [1.29, 1.82) is 0 Å². The molecule has 2 atom stereocenters. The maximum absolute atomic E-state index is 12.5. The molecule has 0 radical (unpaired) electrons. The number of benzene rings is 1. The van der Waals surface area contributed by atoms with Gasteiger partial charge in [-0.1, -0.05) is 24.3 Å². The highest BCUT2D eigenvalue weighted by Crippen LogP contribution is 2.29. The summed E-state index contributed by atoms with van der Waals surface area (Å²) in [5, 5.41) is 3.64. The van der Waals surface area contributed by atoms with Gasteiger partial charge in [0, 0.05) is 31.6 Å². The number of hydrogen-bond acceptors (Lipinski definition) is 2. The number of hydrogen-bond donors (Lipinski definition) is 1. The summed E-state index contributed by atoms with van der Waals surface area (Å²) in [6, 6.07) is 10.1. The van der Waals surface area contributed by atoms with Crippen molar-refractivity contribution >= 4 is 18.3 Å². The second-order valence-corrected chi connectivity index (χ2v) is 6.69. The van der Waals surface area contributed by atoms with E-state index < -0.39 is 0 Å². The van der Waals surface area contributed by atoms with Crippen LogP contribution in [-0.4, -0.2) is 36.0 Å². The summed E-state index contributed by atoms with van der Waals surface area (Å²) >= 11 is 0. The Hall–Kier alpha value is -1.06. The lowest BCUT2D eigenvalue weighted by atomic mass is 9.97. The van der Waals surface area contributed by atoms with Crippen LogP contribution in [-0.2, 0) is 11.2 Å². The Balaban J connectivity index is 0.00000176. The number of carbonyl (C=O) groups is 1. The van der Waals surface area contributed by atoms with E-state index in [0.717, 1.165) is 19.3 Å². The van der Waals surface area contributed by atoms with Crippen LogP contribution in [0.4, 0.5) is 0 Å². The zero-order valence-corrected chi connectivity index (χ0v) is 14.4. The minimum atomic E-state index is 0. The molecule has 3 rings (SSSR count). The van der Waals surface area contributed by atoms with E-state index in [-0.39, 0.29) is 12.4 Å². The average Bonchev–Trinajstić information content (AvgIpc) is 2.83. The van der Waals surface area contributed by atoms with Crippen LogP contribution in [0.15, 0.2) is 24.3 Å². The number of carbonyl (C=O) groups excluding carboxylic acids is 1. The lowest BCUT2D eigenvalue weighted by molar-refractivity contribution is -0.132. The van der Waals surface area contributed by atoms with Crippen LogP contribution < -0.4 is 5.32 Å². The standard InChI is InChI=1S/C18H26N2O.ClH/c1-13-5-3-4-6-14(13)7-10-18(21)20(2)17-11-15-8-9-16(12-17)19-15;/h3-6,15-17,19H,7-12H2,1-2H3;1H. The molecule has 122 valence electrons. The van der Waals surface area contributed by atoms with Gasteiger partial charge in [0.25, 0.3) is 0 Å². The van der Waals surface area contributed by atoms with Gasteiger partial charge in [-0.2, -0.15) is 0 Å². The normalized spacial score (nSPS) is 26.4. The lowest BCUT2D eigenvalue weighted by Gasteiger charge is -2.35. The lowest BCUT2D eigenvalue weighted by Crippen LogP contribution is -2.48. The smallest absolute Gasteiger partial charge is 0.222 e. The molecule has 2 saturated heterocycles. The number of piperidine rings is 1. The highest BCUT2D eigenvalue weighted by atomic mass is 35.5. The molecule has 2 unspecified atom stereocenters. The van der Waals surface area contributed by atoms with Crippen LogP contribution in [0.3, 0.4) is 0 Å². The van der Waals surface area contributed by atoms with Gasteiger partial charge in [-0.05, 0) is 50.2 Å². The molecule has 0 aliphatic carbocycles. The summed E-state index contributed by atoms with van der Waals surface area (Å²) in [5.41, 5.74) is 2.58. The molecule has 2 aliphatic heterocycles. The van der Waals surface area contributed by atoms with Gasteiger partial charge in [0.2, 0.25) is 5.91 Å². The second-order valence-electron chi connectivity index (χ2n) is 6.69. The van der Waals surface area contributed by atoms with Gasteiger partial charge in [-0.25, -0.2) is 0 Å². The van der Waals surface area contributed by atoms with Crippen molar-refractivity contribution < 1.29 is 4.79 Å². The molecule has 4 heteroatoms. The fraction of sp³-hybridized carbons (Fsp3) is 0.611. The molecule has 2 heterocycles. The van der Waals surface area contributed by atoms with Crippen molar-refractivity contribution in [2.24, 2.45) is 0 Å². The van der Waals surface area contributed by atoms with E-state index in [4.69, 9.17) is 0 Å². The minimum Gasteiger partial charge on any atom is -0.343 e. The first-order chi connectivity index (χ1) is 10.1. The maximum atomic E-state index is 12.5. The largest absolute Gasteiger partial charge is 0.343 e. The molecule has 1 aromatic rings. The highest BCUT2D eigenvalue weighted by Gasteiger charge is 2.36. The predicted octanol–water partition coefficient (Wildman–Crippen LogP) is 3.09. The zero-order chi connectivity index (χ0) is 14.8. The molecule has 3 nitrogen and oxygen atoms in total. The Bertz CT molecular complexity index is 508. The third-order valence-corrected chi connectivity index (χ3v) is 5.26. The quantitative estimate of drug-likeness (QED) is 0.924. The van der Waals surface area contributed by atoms with Crippen molar-refractivity contribution in [2.75, 3.05) is 7.05 Å². The van der Waals surface area contributed by atoms with Gasteiger partial charge < -0.3 is 10.2 Å². The molecule has 1 aromatic carbocycles. The second kappa shape index (κ2) is 7.47. The Kier molecular flexibility index (Phi) is 5.87. The topological polar surface area (TPSA) is 32.3 Å². The fourth-order valence-corrected chi connectivity index (χ4v) is 3.86. The summed E-state index contributed by atoms with van der Waals surface area (Å²) in [7, 11) is 2.00. The van der Waals surface area contributed by atoms with E-state index >= 15 is 0 Å². The van der Waals surface area contributed by atoms with Crippen LogP contribution in [0.25, 0.3) is 0 Å².